The van der Waals surface area contributed by atoms with Crippen LogP contribution in [0.15, 0.2) is 0 Å². The molecule has 3 nitrogen and oxygen atoms in total. The second-order valence-electron chi connectivity index (χ2n) is 1.59. The summed E-state index contributed by atoms with van der Waals surface area (Å²) < 4.78 is 19.7. The van der Waals surface area contributed by atoms with E-state index in [2.05, 4.69) is 4.52 Å². The van der Waals surface area contributed by atoms with E-state index in [0.29, 0.717) is 13.0 Å². The molecule has 0 saturated heterocycles. The lowest BCUT2D eigenvalue weighted by molar-refractivity contribution is 0.175. The van der Waals surface area contributed by atoms with Crippen LogP contribution in [0.25, 0.3) is 0 Å². The molecule has 0 fully saturated rings. The Bertz CT molecular complexity index is 124. The molecule has 0 atom stereocenters. The van der Waals surface area contributed by atoms with Gasteiger partial charge in [-0.25, -0.2) is 0 Å². The number of hydrogen-bond donors (Lipinski definition) is 0. The quantitative estimate of drug-likeness (QED) is 0.513. The van der Waals surface area contributed by atoms with Gasteiger partial charge in [0.15, 0.2) is 0 Å². The fraction of sp³-hybridized carbons (Fsp3) is 1.00. The van der Waals surface area contributed by atoms with Crippen LogP contribution in [0.3, 0.4) is 0 Å². The number of halogens is 2. The Morgan fingerprint density at radius 3 is 2.40 bits per heavy atom. The highest BCUT2D eigenvalue weighted by Crippen LogP contribution is 2.57. The topological polar surface area (TPSA) is 35.5 Å². The van der Waals surface area contributed by atoms with E-state index in [-0.39, 0.29) is 6.61 Å². The van der Waals surface area contributed by atoms with Gasteiger partial charge >= 0.3 is 6.07 Å². The standard InChI is InChI=1S/C4H9Cl2O3P/c1-8-3-2-4-9-10(5,6)7/h2-4H2,1H3. The SMILES string of the molecule is COCCCOP(=O)(Cl)Cl. The molecule has 0 radical (unpaired) electrons. The molecule has 0 aliphatic heterocycles. The number of hydrogen-bond acceptors (Lipinski definition) is 3. The third kappa shape index (κ3) is 8.73. The lowest BCUT2D eigenvalue weighted by Gasteiger charge is -2.02. The van der Waals surface area contributed by atoms with Crippen LogP contribution in [-0.4, -0.2) is 20.3 Å². The first kappa shape index (κ1) is 10.7. The summed E-state index contributed by atoms with van der Waals surface area (Å²) in [5.41, 5.74) is 0. The lowest BCUT2D eigenvalue weighted by atomic mass is 10.5. The smallest absolute Gasteiger partial charge is 0.380 e. The number of ether oxygens (including phenoxy) is 1. The van der Waals surface area contributed by atoms with Crippen LogP contribution in [-0.2, 0) is 13.8 Å². The molecule has 0 saturated carbocycles. The van der Waals surface area contributed by atoms with Crippen molar-refractivity contribution in [3.05, 3.63) is 0 Å². The van der Waals surface area contributed by atoms with Crippen molar-refractivity contribution in [3.8, 4) is 0 Å². The maximum Gasteiger partial charge on any atom is 0.380 e. The second-order valence-corrected chi connectivity index (χ2v) is 5.87. The molecule has 0 aliphatic carbocycles. The Labute approximate surface area is 69.6 Å². The van der Waals surface area contributed by atoms with Crippen molar-refractivity contribution in [3.63, 3.8) is 0 Å². The highest BCUT2D eigenvalue weighted by Gasteiger charge is 2.12. The van der Waals surface area contributed by atoms with Crippen molar-refractivity contribution < 1.29 is 13.8 Å². The van der Waals surface area contributed by atoms with Gasteiger partial charge in [0.05, 0.1) is 6.61 Å². The summed E-state index contributed by atoms with van der Waals surface area (Å²) in [6.07, 6.45) is -2.68. The molecule has 0 rings (SSSR count). The predicted molar refractivity (Wildman–Crippen MR) is 41.8 cm³/mol. The first-order chi connectivity index (χ1) is 4.56. The van der Waals surface area contributed by atoms with Crippen LogP contribution in [0.5, 0.6) is 0 Å². The van der Waals surface area contributed by atoms with Crippen LogP contribution >= 0.6 is 28.6 Å². The van der Waals surface area contributed by atoms with E-state index < -0.39 is 6.07 Å². The molecule has 0 aliphatic rings. The fourth-order valence-corrected chi connectivity index (χ4v) is 1.13. The summed E-state index contributed by atoms with van der Waals surface area (Å²) in [7, 11) is 1.57. The normalized spacial score (nSPS) is 11.9. The van der Waals surface area contributed by atoms with E-state index in [9.17, 15) is 4.57 Å². The summed E-state index contributed by atoms with van der Waals surface area (Å²) >= 11 is 10.1. The van der Waals surface area contributed by atoms with Crippen molar-refractivity contribution >= 4 is 28.6 Å². The molecule has 0 heterocycles. The third-order valence-electron chi connectivity index (χ3n) is 0.734. The highest BCUT2D eigenvalue weighted by atomic mass is 35.9. The number of rotatable bonds is 5. The molecule has 10 heavy (non-hydrogen) atoms. The minimum Gasteiger partial charge on any atom is -0.385 e. The van der Waals surface area contributed by atoms with Crippen molar-refractivity contribution in [2.24, 2.45) is 0 Å². The molecule has 0 amide bonds. The molecule has 62 valence electrons. The molecule has 0 bridgehead atoms. The first-order valence-electron chi connectivity index (χ1n) is 2.69. The van der Waals surface area contributed by atoms with E-state index in [0.717, 1.165) is 0 Å². The molecule has 0 aromatic carbocycles. The molecule has 0 spiro atoms. The van der Waals surface area contributed by atoms with Crippen LogP contribution in [0.2, 0.25) is 0 Å². The zero-order valence-corrected chi connectivity index (χ0v) is 7.96. The summed E-state index contributed by atoms with van der Waals surface area (Å²) in [6.45, 7) is 0.811. The van der Waals surface area contributed by atoms with Gasteiger partial charge in [-0.05, 0) is 28.9 Å². The summed E-state index contributed by atoms with van der Waals surface area (Å²) in [4.78, 5) is 0. The van der Waals surface area contributed by atoms with Crippen molar-refractivity contribution in [2.45, 2.75) is 6.42 Å². The minimum absolute atomic E-state index is 0.262. The van der Waals surface area contributed by atoms with Gasteiger partial charge in [-0.2, -0.15) is 0 Å². The molecular weight excluding hydrogens is 198 g/mol. The molecule has 6 heteroatoms. The van der Waals surface area contributed by atoms with E-state index in [1.165, 1.54) is 0 Å². The van der Waals surface area contributed by atoms with E-state index in [4.69, 9.17) is 27.2 Å². The number of methoxy groups -OCH3 is 1. The largest absolute Gasteiger partial charge is 0.385 e. The molecule has 0 N–H and O–H groups in total. The second kappa shape index (κ2) is 5.39. The van der Waals surface area contributed by atoms with Gasteiger partial charge in [0.1, 0.15) is 0 Å². The highest BCUT2D eigenvalue weighted by molar-refractivity contribution is 8.05. The fourth-order valence-electron chi connectivity index (χ4n) is 0.374. The van der Waals surface area contributed by atoms with Gasteiger partial charge in [-0.15, -0.1) is 0 Å². The maximum atomic E-state index is 10.4. The molecule has 0 unspecified atom stereocenters. The summed E-state index contributed by atoms with van der Waals surface area (Å²) in [6, 6.07) is 0. The first-order valence-corrected chi connectivity index (χ1v) is 6.12. The average molecular weight is 207 g/mol. The minimum atomic E-state index is -3.32. The van der Waals surface area contributed by atoms with Crippen molar-refractivity contribution in [1.29, 1.82) is 0 Å². The Morgan fingerprint density at radius 1 is 1.40 bits per heavy atom. The molecule has 0 aromatic heterocycles. The van der Waals surface area contributed by atoms with Crippen LogP contribution in [0, 0.1) is 0 Å². The zero-order valence-electron chi connectivity index (χ0n) is 5.55. The summed E-state index contributed by atoms with van der Waals surface area (Å²) in [5.74, 6) is 0. The summed E-state index contributed by atoms with van der Waals surface area (Å²) in [5, 5.41) is 0. The lowest BCUT2D eigenvalue weighted by Crippen LogP contribution is -1.94. The van der Waals surface area contributed by atoms with E-state index in [1.807, 2.05) is 0 Å². The van der Waals surface area contributed by atoms with Gasteiger partial charge in [-0.1, -0.05) is 0 Å². The van der Waals surface area contributed by atoms with Crippen molar-refractivity contribution in [2.75, 3.05) is 20.3 Å². The average Bonchev–Trinajstić information content (AvgIpc) is 1.78. The van der Waals surface area contributed by atoms with Crippen LogP contribution in [0.4, 0.5) is 0 Å². The predicted octanol–water partition coefficient (Wildman–Crippen LogP) is 2.63. The Kier molecular flexibility index (Phi) is 5.78. The van der Waals surface area contributed by atoms with Gasteiger partial charge in [0.2, 0.25) is 0 Å². The van der Waals surface area contributed by atoms with Crippen LogP contribution in [0.1, 0.15) is 6.42 Å². The Hall–Kier alpha value is 0.730. The Morgan fingerprint density at radius 2 is 2.00 bits per heavy atom. The molecule has 0 aromatic rings. The van der Waals surface area contributed by atoms with Gasteiger partial charge in [0, 0.05) is 13.7 Å². The zero-order chi connectivity index (χ0) is 8.04. The Balaban J connectivity index is 3.13. The molecular formula is C4H9Cl2O3P. The van der Waals surface area contributed by atoms with E-state index in [1.54, 1.807) is 7.11 Å². The van der Waals surface area contributed by atoms with Gasteiger partial charge in [0.25, 0.3) is 0 Å². The maximum absolute atomic E-state index is 10.4. The third-order valence-corrected chi connectivity index (χ3v) is 1.80. The van der Waals surface area contributed by atoms with E-state index >= 15 is 0 Å². The van der Waals surface area contributed by atoms with Gasteiger partial charge in [-0.3, -0.25) is 4.57 Å². The van der Waals surface area contributed by atoms with Crippen LogP contribution < -0.4 is 0 Å². The van der Waals surface area contributed by atoms with Crippen molar-refractivity contribution in [1.82, 2.24) is 0 Å². The van der Waals surface area contributed by atoms with Gasteiger partial charge < -0.3 is 9.26 Å². The monoisotopic (exact) mass is 206 g/mol.